The molecule has 0 aliphatic rings. The van der Waals surface area contributed by atoms with E-state index < -0.39 is 18.1 Å². The average molecular weight is 739 g/mol. The summed E-state index contributed by atoms with van der Waals surface area (Å²) < 4.78 is 17.2. The maximum absolute atomic E-state index is 12.7. The van der Waals surface area contributed by atoms with Crippen molar-refractivity contribution in [3.63, 3.8) is 0 Å². The van der Waals surface area contributed by atoms with Crippen LogP contribution in [0.15, 0.2) is 12.2 Å². The highest BCUT2D eigenvalue weighted by atomic mass is 16.6. The van der Waals surface area contributed by atoms with E-state index in [0.717, 1.165) is 38.5 Å². The zero-order chi connectivity index (χ0) is 38.5. The van der Waals surface area contributed by atoms with E-state index in [9.17, 15) is 19.5 Å². The predicted molar refractivity (Wildman–Crippen MR) is 215 cm³/mol. The smallest absolute Gasteiger partial charge is 0.362 e. The zero-order valence-corrected chi connectivity index (χ0v) is 34.8. The summed E-state index contributed by atoms with van der Waals surface area (Å²) in [5.41, 5.74) is 0. The summed E-state index contributed by atoms with van der Waals surface area (Å²) in [5, 5.41) is 9.60. The number of ether oxygens (including phenoxy) is 3. The van der Waals surface area contributed by atoms with E-state index in [1.54, 1.807) is 0 Å². The number of esters is 2. The molecule has 0 saturated carbocycles. The molecule has 0 aromatic rings. The summed E-state index contributed by atoms with van der Waals surface area (Å²) in [6, 6.07) is -0.610. The lowest BCUT2D eigenvalue weighted by Gasteiger charge is -2.31. The van der Waals surface area contributed by atoms with Crippen molar-refractivity contribution >= 4 is 17.9 Å². The third kappa shape index (κ3) is 33.9. The van der Waals surface area contributed by atoms with Gasteiger partial charge in [-0.3, -0.25) is 9.59 Å². The average Bonchev–Trinajstić information content (AvgIpc) is 3.09. The number of aliphatic carboxylic acids is 1. The Hall–Kier alpha value is -1.93. The molecular weight excluding hydrogens is 654 g/mol. The van der Waals surface area contributed by atoms with Gasteiger partial charge in [0.15, 0.2) is 12.1 Å². The molecule has 2 atom stereocenters. The number of hydrogen-bond donors (Lipinski definition) is 1. The van der Waals surface area contributed by atoms with Gasteiger partial charge < -0.3 is 23.8 Å². The Morgan fingerprint density at radius 1 is 0.558 bits per heavy atom. The minimum Gasteiger partial charge on any atom is -0.477 e. The quantitative estimate of drug-likeness (QED) is 0.0290. The summed E-state index contributed by atoms with van der Waals surface area (Å²) in [7, 11) is 5.53. The van der Waals surface area contributed by atoms with Gasteiger partial charge in [-0.15, -0.1) is 0 Å². The van der Waals surface area contributed by atoms with E-state index in [4.69, 9.17) is 14.2 Å². The van der Waals surface area contributed by atoms with Crippen molar-refractivity contribution in [2.75, 3.05) is 41.0 Å². The molecule has 8 nitrogen and oxygen atoms in total. The van der Waals surface area contributed by atoms with Crippen molar-refractivity contribution in [2.45, 2.75) is 212 Å². The highest BCUT2D eigenvalue weighted by molar-refractivity contribution is 5.72. The maximum atomic E-state index is 12.7. The molecule has 0 amide bonds. The molecule has 8 heteroatoms. The fourth-order valence-corrected chi connectivity index (χ4v) is 6.50. The second-order valence-corrected chi connectivity index (χ2v) is 16.0. The fraction of sp³-hybridized carbons (Fsp3) is 0.886. The third-order valence-corrected chi connectivity index (χ3v) is 9.91. The molecular formula is C44H84NO7+. The molecule has 0 bridgehead atoms. The van der Waals surface area contributed by atoms with Gasteiger partial charge in [-0.05, 0) is 38.5 Å². The number of carbonyl (C=O) groups excluding carboxylic acids is 2. The molecule has 0 spiro atoms. The van der Waals surface area contributed by atoms with Crippen molar-refractivity contribution in [1.29, 1.82) is 0 Å². The molecule has 0 aliphatic carbocycles. The molecule has 0 saturated heterocycles. The zero-order valence-electron chi connectivity index (χ0n) is 34.8. The van der Waals surface area contributed by atoms with Gasteiger partial charge in [0.25, 0.3) is 0 Å². The lowest BCUT2D eigenvalue weighted by molar-refractivity contribution is -0.887. The summed E-state index contributed by atoms with van der Waals surface area (Å²) >= 11 is 0. The topological polar surface area (TPSA) is 99.1 Å². The number of carbonyl (C=O) groups is 3. The number of carboxylic acids is 1. The van der Waals surface area contributed by atoms with E-state index in [1.165, 1.54) is 128 Å². The second kappa shape index (κ2) is 36.1. The maximum Gasteiger partial charge on any atom is 0.362 e. The summed E-state index contributed by atoms with van der Waals surface area (Å²) in [5.74, 6) is -1.46. The van der Waals surface area contributed by atoms with Gasteiger partial charge in [0, 0.05) is 19.3 Å². The molecule has 0 rings (SSSR count). The van der Waals surface area contributed by atoms with E-state index >= 15 is 0 Å². The van der Waals surface area contributed by atoms with E-state index in [-0.39, 0.29) is 36.2 Å². The third-order valence-electron chi connectivity index (χ3n) is 9.91. The molecule has 1 N–H and O–H groups in total. The van der Waals surface area contributed by atoms with Crippen LogP contribution in [0.4, 0.5) is 0 Å². The molecule has 0 aromatic heterocycles. The minimum absolute atomic E-state index is 0.0473. The summed E-state index contributed by atoms with van der Waals surface area (Å²) in [4.78, 5) is 36.9. The van der Waals surface area contributed by atoms with E-state index in [0.29, 0.717) is 19.3 Å². The Labute approximate surface area is 320 Å². The Balaban J connectivity index is 4.30. The molecule has 2 unspecified atom stereocenters. The van der Waals surface area contributed by atoms with Crippen LogP contribution in [0.2, 0.25) is 0 Å². The molecule has 0 heterocycles. The first kappa shape index (κ1) is 50.1. The first-order chi connectivity index (χ1) is 25.1. The number of rotatable bonds is 39. The first-order valence-corrected chi connectivity index (χ1v) is 21.7. The highest BCUT2D eigenvalue weighted by Crippen LogP contribution is 2.15. The number of quaternary nitrogens is 1. The van der Waals surface area contributed by atoms with Crippen LogP contribution in [-0.2, 0) is 28.6 Å². The van der Waals surface area contributed by atoms with Crippen LogP contribution in [0.5, 0.6) is 0 Å². The Bertz CT molecular complexity index is 869. The normalized spacial score (nSPS) is 13.0. The fourth-order valence-electron chi connectivity index (χ4n) is 6.50. The van der Waals surface area contributed by atoms with Crippen LogP contribution in [0.1, 0.15) is 200 Å². The summed E-state index contributed by atoms with van der Waals surface area (Å²) in [6.07, 6.45) is 36.8. The monoisotopic (exact) mass is 739 g/mol. The number of nitrogens with zero attached hydrogens (tertiary/aromatic N) is 1. The minimum atomic E-state index is -0.874. The number of unbranched alkanes of at least 4 members (excludes halogenated alkanes) is 23. The molecule has 0 aromatic carbocycles. The summed E-state index contributed by atoms with van der Waals surface area (Å²) in [6.45, 7) is 4.73. The molecule has 0 radical (unpaired) electrons. The second-order valence-electron chi connectivity index (χ2n) is 16.0. The Morgan fingerprint density at radius 2 is 0.962 bits per heavy atom. The lowest BCUT2D eigenvalue weighted by Crippen LogP contribution is -2.50. The van der Waals surface area contributed by atoms with Crippen molar-refractivity contribution in [1.82, 2.24) is 0 Å². The van der Waals surface area contributed by atoms with Crippen LogP contribution in [0.3, 0.4) is 0 Å². The SMILES string of the molecule is CCCCCCCCC/C=C\CCCCCCCCCC(=O)OC(COCCC(C(=O)O)[N+](C)(C)C)COC(=O)CCCCCCCCCCCC. The van der Waals surface area contributed by atoms with Crippen molar-refractivity contribution in [3.8, 4) is 0 Å². The number of likely N-dealkylation sites (N-methyl/N-ethyl adjacent to an activating group) is 1. The largest absolute Gasteiger partial charge is 0.477 e. The van der Waals surface area contributed by atoms with Crippen LogP contribution < -0.4 is 0 Å². The van der Waals surface area contributed by atoms with Crippen molar-refractivity contribution in [3.05, 3.63) is 12.2 Å². The Morgan fingerprint density at radius 3 is 1.38 bits per heavy atom. The first-order valence-electron chi connectivity index (χ1n) is 21.7. The number of hydrogen-bond acceptors (Lipinski definition) is 6. The molecule has 52 heavy (non-hydrogen) atoms. The highest BCUT2D eigenvalue weighted by Gasteiger charge is 2.31. The molecule has 0 fully saturated rings. The lowest BCUT2D eigenvalue weighted by atomic mass is 10.1. The molecule has 0 aliphatic heterocycles. The van der Waals surface area contributed by atoms with Crippen molar-refractivity contribution in [2.24, 2.45) is 0 Å². The Kier molecular flexibility index (Phi) is 34.7. The number of allylic oxidation sites excluding steroid dienone is 2. The van der Waals surface area contributed by atoms with Gasteiger partial charge in [0.05, 0.1) is 34.4 Å². The van der Waals surface area contributed by atoms with Crippen LogP contribution in [-0.4, -0.2) is 80.6 Å². The van der Waals surface area contributed by atoms with Crippen LogP contribution in [0, 0.1) is 0 Å². The van der Waals surface area contributed by atoms with Crippen LogP contribution >= 0.6 is 0 Å². The van der Waals surface area contributed by atoms with Gasteiger partial charge >= 0.3 is 17.9 Å². The number of carboxylic acid groups (broad SMARTS) is 1. The van der Waals surface area contributed by atoms with E-state index in [2.05, 4.69) is 26.0 Å². The van der Waals surface area contributed by atoms with Gasteiger partial charge in [-0.25, -0.2) is 4.79 Å². The molecule has 306 valence electrons. The van der Waals surface area contributed by atoms with E-state index in [1.807, 2.05) is 21.1 Å². The van der Waals surface area contributed by atoms with Crippen molar-refractivity contribution < 1.29 is 38.2 Å². The van der Waals surface area contributed by atoms with Crippen LogP contribution in [0.25, 0.3) is 0 Å². The van der Waals surface area contributed by atoms with Gasteiger partial charge in [0.2, 0.25) is 0 Å². The van der Waals surface area contributed by atoms with Gasteiger partial charge in [0.1, 0.15) is 6.61 Å². The van der Waals surface area contributed by atoms with Gasteiger partial charge in [-0.1, -0.05) is 154 Å². The predicted octanol–water partition coefficient (Wildman–Crippen LogP) is 11.5. The standard InChI is InChI=1S/C44H83NO7/c1-6-8-10-12-14-16-18-19-20-21-22-23-24-25-27-29-31-33-35-43(47)52-40(38-50-37-36-41(44(48)49)45(3,4)5)39-51-42(46)34-32-30-28-26-17-15-13-11-9-7-2/h20-21,40-41H,6-19,22-39H2,1-5H3/p+1/b21-20-. The van der Waals surface area contributed by atoms with Gasteiger partial charge in [-0.2, -0.15) is 0 Å².